The number of methoxy groups -OCH3 is 1. The van der Waals surface area contributed by atoms with Gasteiger partial charge in [-0.2, -0.15) is 0 Å². The van der Waals surface area contributed by atoms with Crippen LogP contribution >= 0.6 is 0 Å². The van der Waals surface area contributed by atoms with E-state index in [0.717, 1.165) is 6.42 Å². The first-order valence-corrected chi connectivity index (χ1v) is 15.7. The molecule has 0 aromatic heterocycles. The Morgan fingerprint density at radius 1 is 0.579 bits per heavy atom. The third-order valence-electron chi connectivity index (χ3n) is 4.84. The summed E-state index contributed by atoms with van der Waals surface area (Å²) in [5.41, 5.74) is 0. The van der Waals surface area contributed by atoms with Crippen LogP contribution in [0, 0.1) is 0 Å². The molecule has 12 nitrogen and oxygen atoms in total. The molecule has 0 aliphatic carbocycles. The minimum atomic E-state index is -2.65. The van der Waals surface area contributed by atoms with Gasteiger partial charge in [0.15, 0.2) is 0 Å². The lowest BCUT2D eigenvalue weighted by Gasteiger charge is -2.28. The molecule has 0 bridgehead atoms. The Morgan fingerprint density at radius 3 is 1.32 bits per heavy atom. The lowest BCUT2D eigenvalue weighted by Crippen LogP contribution is -2.46. The van der Waals surface area contributed by atoms with Crippen LogP contribution in [0.15, 0.2) is 0 Å². The van der Waals surface area contributed by atoms with Crippen molar-refractivity contribution in [3.63, 3.8) is 0 Å². The monoisotopic (exact) mass is 571 g/mol. The average Bonchev–Trinajstić information content (AvgIpc) is 2.90. The normalized spacial score (nSPS) is 11.8. The molecule has 0 unspecified atom stereocenters. The summed E-state index contributed by atoms with van der Waals surface area (Å²) in [6.45, 7) is 14.5. The summed E-state index contributed by atoms with van der Waals surface area (Å²) in [6, 6.07) is 0.675. The number of hydrogen-bond donors (Lipinski definition) is 1. The van der Waals surface area contributed by atoms with Gasteiger partial charge in [0, 0.05) is 45.9 Å². The molecule has 0 saturated carbocycles. The molecule has 13 heteroatoms. The lowest BCUT2D eigenvalue weighted by molar-refractivity contribution is -0.122. The van der Waals surface area contributed by atoms with E-state index in [9.17, 15) is 4.79 Å². The maximum absolute atomic E-state index is 12.0. The molecule has 1 N–H and O–H groups in total. The predicted molar refractivity (Wildman–Crippen MR) is 144 cm³/mol. The molecule has 0 fully saturated rings. The zero-order chi connectivity index (χ0) is 28.0. The maximum atomic E-state index is 12.0. The molecule has 0 aromatic carbocycles. The fraction of sp³-hybridized carbons (Fsp3) is 0.960. The lowest BCUT2D eigenvalue weighted by atomic mass is 10.4. The fourth-order valence-corrected chi connectivity index (χ4v) is 5.74. The van der Waals surface area contributed by atoms with Crippen LogP contribution in [0.4, 0.5) is 0 Å². The van der Waals surface area contributed by atoms with Gasteiger partial charge in [-0.15, -0.1) is 0 Å². The highest BCUT2D eigenvalue weighted by Crippen LogP contribution is 2.17. The van der Waals surface area contributed by atoms with Crippen molar-refractivity contribution >= 4 is 14.7 Å². The van der Waals surface area contributed by atoms with Gasteiger partial charge >= 0.3 is 8.80 Å². The van der Waals surface area contributed by atoms with Crippen LogP contribution < -0.4 is 5.32 Å². The van der Waals surface area contributed by atoms with Gasteiger partial charge in [-0.3, -0.25) is 4.79 Å². The molecule has 0 heterocycles. The highest BCUT2D eigenvalue weighted by molar-refractivity contribution is 6.60. The first kappa shape index (κ1) is 37.3. The smallest absolute Gasteiger partial charge is 0.382 e. The molecule has 0 rings (SSSR count). The number of nitrogens with one attached hydrogen (secondary N) is 1. The van der Waals surface area contributed by atoms with Crippen LogP contribution in [0.3, 0.4) is 0 Å². The topological polar surface area (TPSA) is 121 Å². The number of amides is 1. The third kappa shape index (κ3) is 24.3. The number of ether oxygens (including phenoxy) is 7. The predicted octanol–water partition coefficient (Wildman–Crippen LogP) is 1.68. The van der Waals surface area contributed by atoms with Crippen molar-refractivity contribution in [3.8, 4) is 0 Å². The maximum Gasteiger partial charge on any atom is 0.500 e. The molecule has 0 aliphatic heterocycles. The van der Waals surface area contributed by atoms with E-state index in [1.165, 1.54) is 0 Å². The summed E-state index contributed by atoms with van der Waals surface area (Å²) in [4.78, 5) is 12.0. The Kier molecular flexibility index (Phi) is 28.7. The van der Waals surface area contributed by atoms with Crippen molar-refractivity contribution in [2.24, 2.45) is 0 Å². The van der Waals surface area contributed by atoms with Crippen molar-refractivity contribution < 1.29 is 51.2 Å². The van der Waals surface area contributed by atoms with E-state index in [1.54, 1.807) is 7.11 Å². The number of carbonyl (C=O) groups excluding carboxylic acids is 1. The summed E-state index contributed by atoms with van der Waals surface area (Å²) in [7, 11) is -1.01. The molecular weight excluding hydrogens is 518 g/mol. The van der Waals surface area contributed by atoms with Crippen LogP contribution in [-0.4, -0.2) is 134 Å². The van der Waals surface area contributed by atoms with Gasteiger partial charge in [0.05, 0.1) is 85.9 Å². The van der Waals surface area contributed by atoms with Crippen LogP contribution in [0.2, 0.25) is 6.04 Å². The Labute approximate surface area is 230 Å². The zero-order valence-corrected chi connectivity index (χ0v) is 25.1. The number of hydrogen-bond acceptors (Lipinski definition) is 11. The number of carbonyl (C=O) groups is 1. The van der Waals surface area contributed by atoms with Gasteiger partial charge < -0.3 is 51.8 Å². The molecule has 0 aliphatic rings. The Balaban J connectivity index is 3.42. The van der Waals surface area contributed by atoms with Gasteiger partial charge in [-0.25, -0.2) is 0 Å². The molecule has 0 radical (unpaired) electrons. The second-order valence-electron chi connectivity index (χ2n) is 7.85. The molecule has 1 amide bonds. The fourth-order valence-electron chi connectivity index (χ4n) is 3.13. The summed E-state index contributed by atoms with van der Waals surface area (Å²) < 4.78 is 54.8. The standard InChI is InChI=1S/C25H53NO11Si/c1-5-35-38(36-6-2,37-7-3)24-8-10-26-25(27)9-11-29-14-15-31-18-19-33-22-23-34-21-20-32-17-16-30-13-12-28-4/h5-24H2,1-4H3,(H,26,27). The molecule has 0 aromatic rings. The van der Waals surface area contributed by atoms with Crippen molar-refractivity contribution in [2.75, 3.05) is 119 Å². The SMILES string of the molecule is CCO[Si](CCCNC(=O)CCOCCOCCOCCOCCOCCOCCOC)(OCC)OCC. The van der Waals surface area contributed by atoms with E-state index < -0.39 is 8.80 Å². The quantitative estimate of drug-likeness (QED) is 0.0966. The molecule has 38 heavy (non-hydrogen) atoms. The molecule has 0 atom stereocenters. The van der Waals surface area contributed by atoms with E-state index in [1.807, 2.05) is 20.8 Å². The summed E-state index contributed by atoms with van der Waals surface area (Å²) in [6.07, 6.45) is 1.04. The van der Waals surface area contributed by atoms with Crippen LogP contribution in [-0.2, 0) is 51.2 Å². The Hall–Kier alpha value is -0.713. The Bertz CT molecular complexity index is 489. The van der Waals surface area contributed by atoms with Crippen molar-refractivity contribution in [1.82, 2.24) is 5.32 Å². The van der Waals surface area contributed by atoms with Gasteiger partial charge in [0.2, 0.25) is 5.91 Å². The summed E-state index contributed by atoms with van der Waals surface area (Å²) >= 11 is 0. The van der Waals surface area contributed by atoms with E-state index in [2.05, 4.69) is 5.32 Å². The van der Waals surface area contributed by atoms with Crippen LogP contribution in [0.1, 0.15) is 33.6 Å². The van der Waals surface area contributed by atoms with E-state index in [0.29, 0.717) is 125 Å². The second kappa shape index (κ2) is 29.3. The van der Waals surface area contributed by atoms with Crippen molar-refractivity contribution in [1.29, 1.82) is 0 Å². The highest BCUT2D eigenvalue weighted by atomic mass is 28.4. The van der Waals surface area contributed by atoms with E-state index in [4.69, 9.17) is 46.4 Å². The summed E-state index contributed by atoms with van der Waals surface area (Å²) in [5.74, 6) is -0.0449. The van der Waals surface area contributed by atoms with Gasteiger partial charge in [0.25, 0.3) is 0 Å². The first-order valence-electron chi connectivity index (χ1n) is 13.8. The largest absolute Gasteiger partial charge is 0.500 e. The second-order valence-corrected chi connectivity index (χ2v) is 10.6. The first-order chi connectivity index (χ1) is 18.6. The third-order valence-corrected chi connectivity index (χ3v) is 7.99. The zero-order valence-electron chi connectivity index (χ0n) is 24.1. The highest BCUT2D eigenvalue weighted by Gasteiger charge is 2.39. The molecule has 0 saturated heterocycles. The summed E-state index contributed by atoms with van der Waals surface area (Å²) in [5, 5.41) is 2.91. The van der Waals surface area contributed by atoms with E-state index >= 15 is 0 Å². The molecular formula is C25H53NO11Si. The van der Waals surface area contributed by atoms with Crippen LogP contribution in [0.5, 0.6) is 0 Å². The molecule has 228 valence electrons. The van der Waals surface area contributed by atoms with E-state index in [-0.39, 0.29) is 5.91 Å². The minimum Gasteiger partial charge on any atom is -0.382 e. The Morgan fingerprint density at radius 2 is 0.947 bits per heavy atom. The van der Waals surface area contributed by atoms with Gasteiger partial charge in [-0.1, -0.05) is 0 Å². The molecule has 0 spiro atoms. The van der Waals surface area contributed by atoms with Gasteiger partial charge in [-0.05, 0) is 27.2 Å². The minimum absolute atomic E-state index is 0.0449. The average molecular weight is 572 g/mol. The van der Waals surface area contributed by atoms with Crippen molar-refractivity contribution in [2.45, 2.75) is 39.7 Å². The van der Waals surface area contributed by atoms with Gasteiger partial charge in [0.1, 0.15) is 0 Å². The van der Waals surface area contributed by atoms with Crippen molar-refractivity contribution in [3.05, 3.63) is 0 Å². The number of rotatable bonds is 31. The van der Waals surface area contributed by atoms with Crippen LogP contribution in [0.25, 0.3) is 0 Å².